The Morgan fingerprint density at radius 1 is 1.35 bits per heavy atom. The minimum absolute atomic E-state index is 0.0701. The number of hydrogen-bond donors (Lipinski definition) is 1. The van der Waals surface area contributed by atoms with Crippen LogP contribution in [-0.4, -0.2) is 41.8 Å². The van der Waals surface area contributed by atoms with Crippen LogP contribution in [0.15, 0.2) is 18.2 Å². The Morgan fingerprint density at radius 3 is 2.80 bits per heavy atom. The molecular formula is C15H19NO4. The number of nitrogens with zero attached hydrogens (tertiary/aromatic N) is 1. The molecule has 2 aliphatic rings. The van der Waals surface area contributed by atoms with Crippen molar-refractivity contribution in [1.29, 1.82) is 0 Å². The van der Waals surface area contributed by atoms with Crippen molar-refractivity contribution < 1.29 is 19.4 Å². The monoisotopic (exact) mass is 277 g/mol. The van der Waals surface area contributed by atoms with Crippen molar-refractivity contribution in [3.05, 3.63) is 23.8 Å². The van der Waals surface area contributed by atoms with E-state index in [0.717, 1.165) is 36.6 Å². The van der Waals surface area contributed by atoms with E-state index in [9.17, 15) is 4.79 Å². The number of aliphatic carboxylic acids is 1. The minimum Gasteiger partial charge on any atom is -0.486 e. The van der Waals surface area contributed by atoms with Gasteiger partial charge < -0.3 is 14.6 Å². The molecule has 3 rings (SSSR count). The van der Waals surface area contributed by atoms with Crippen LogP contribution in [0, 0.1) is 5.92 Å². The number of likely N-dealkylation sites (tertiary alicyclic amines) is 1. The van der Waals surface area contributed by atoms with Crippen LogP contribution in [0.25, 0.3) is 0 Å². The second kappa shape index (κ2) is 5.32. The molecule has 2 atom stereocenters. The summed E-state index contributed by atoms with van der Waals surface area (Å²) in [6.07, 6.45) is 0.723. The molecule has 2 unspecified atom stereocenters. The maximum Gasteiger partial charge on any atom is 0.308 e. The largest absolute Gasteiger partial charge is 0.486 e. The first-order valence-corrected chi connectivity index (χ1v) is 7.00. The Kier molecular flexibility index (Phi) is 3.53. The Bertz CT molecular complexity index is 517. The Balaban J connectivity index is 1.71. The molecule has 1 fully saturated rings. The average molecular weight is 277 g/mol. The van der Waals surface area contributed by atoms with Gasteiger partial charge in [0, 0.05) is 12.6 Å². The SMILES string of the molecule is CC1C(C(=O)O)CCN1Cc1ccc2c(c1)OCCO2. The molecule has 1 aromatic carbocycles. The van der Waals surface area contributed by atoms with Gasteiger partial charge in [0.1, 0.15) is 13.2 Å². The quantitative estimate of drug-likeness (QED) is 0.912. The number of fused-ring (bicyclic) bond motifs is 1. The molecule has 0 aromatic heterocycles. The van der Waals surface area contributed by atoms with Gasteiger partial charge in [0.15, 0.2) is 11.5 Å². The molecule has 2 aliphatic heterocycles. The second-order valence-electron chi connectivity index (χ2n) is 5.42. The maximum absolute atomic E-state index is 11.1. The summed E-state index contributed by atoms with van der Waals surface area (Å²) in [7, 11) is 0. The Hall–Kier alpha value is -1.75. The van der Waals surface area contributed by atoms with E-state index in [0.29, 0.717) is 13.2 Å². The van der Waals surface area contributed by atoms with Gasteiger partial charge in [-0.25, -0.2) is 0 Å². The lowest BCUT2D eigenvalue weighted by molar-refractivity contribution is -0.142. The van der Waals surface area contributed by atoms with E-state index in [4.69, 9.17) is 14.6 Å². The number of rotatable bonds is 3. The molecule has 108 valence electrons. The van der Waals surface area contributed by atoms with Crippen molar-refractivity contribution in [2.24, 2.45) is 5.92 Å². The molecule has 0 radical (unpaired) electrons. The average Bonchev–Trinajstić information content (AvgIpc) is 2.80. The van der Waals surface area contributed by atoms with Gasteiger partial charge in [-0.2, -0.15) is 0 Å². The Morgan fingerprint density at radius 2 is 2.10 bits per heavy atom. The van der Waals surface area contributed by atoms with E-state index >= 15 is 0 Å². The normalized spacial score (nSPS) is 25.6. The molecule has 0 spiro atoms. The van der Waals surface area contributed by atoms with Crippen molar-refractivity contribution in [1.82, 2.24) is 4.90 Å². The molecule has 1 aromatic rings. The summed E-state index contributed by atoms with van der Waals surface area (Å²) in [4.78, 5) is 13.4. The highest BCUT2D eigenvalue weighted by Crippen LogP contribution is 2.32. The van der Waals surface area contributed by atoms with Crippen molar-refractivity contribution in [2.45, 2.75) is 25.9 Å². The molecular weight excluding hydrogens is 258 g/mol. The van der Waals surface area contributed by atoms with Crippen LogP contribution in [0.3, 0.4) is 0 Å². The standard InChI is InChI=1S/C15H19NO4/c1-10-12(15(17)18)4-5-16(10)9-11-2-3-13-14(8-11)20-7-6-19-13/h2-3,8,10,12H,4-7,9H2,1H3,(H,17,18). The lowest BCUT2D eigenvalue weighted by atomic mass is 10.0. The molecule has 0 bridgehead atoms. The van der Waals surface area contributed by atoms with Crippen molar-refractivity contribution in [3.63, 3.8) is 0 Å². The third kappa shape index (κ3) is 2.45. The highest BCUT2D eigenvalue weighted by atomic mass is 16.6. The highest BCUT2D eigenvalue weighted by molar-refractivity contribution is 5.71. The summed E-state index contributed by atoms with van der Waals surface area (Å²) in [5, 5.41) is 9.16. The van der Waals surface area contributed by atoms with Gasteiger partial charge in [0.2, 0.25) is 0 Å². The van der Waals surface area contributed by atoms with Crippen molar-refractivity contribution in [2.75, 3.05) is 19.8 Å². The second-order valence-corrected chi connectivity index (χ2v) is 5.42. The summed E-state index contributed by atoms with van der Waals surface area (Å²) >= 11 is 0. The van der Waals surface area contributed by atoms with E-state index in [1.54, 1.807) is 0 Å². The van der Waals surface area contributed by atoms with Crippen LogP contribution in [0.2, 0.25) is 0 Å². The van der Waals surface area contributed by atoms with Gasteiger partial charge in [-0.1, -0.05) is 6.07 Å². The zero-order valence-corrected chi connectivity index (χ0v) is 11.5. The Labute approximate surface area is 118 Å². The number of carboxylic acids is 1. The van der Waals surface area contributed by atoms with Crippen molar-refractivity contribution >= 4 is 5.97 Å². The minimum atomic E-state index is -0.692. The third-order valence-electron chi connectivity index (χ3n) is 4.20. The highest BCUT2D eigenvalue weighted by Gasteiger charge is 2.35. The summed E-state index contributed by atoms with van der Waals surface area (Å²) in [6, 6.07) is 6.02. The van der Waals surface area contributed by atoms with Gasteiger partial charge in [0.25, 0.3) is 0 Å². The third-order valence-corrected chi connectivity index (χ3v) is 4.20. The first-order chi connectivity index (χ1) is 9.65. The molecule has 5 nitrogen and oxygen atoms in total. The van der Waals surface area contributed by atoms with Crippen LogP contribution in [0.1, 0.15) is 18.9 Å². The number of hydrogen-bond acceptors (Lipinski definition) is 4. The first kappa shape index (κ1) is 13.2. The number of carboxylic acid groups (broad SMARTS) is 1. The molecule has 0 aliphatic carbocycles. The van der Waals surface area contributed by atoms with E-state index < -0.39 is 5.97 Å². The van der Waals surface area contributed by atoms with Gasteiger partial charge in [-0.3, -0.25) is 9.69 Å². The zero-order valence-electron chi connectivity index (χ0n) is 11.5. The molecule has 5 heteroatoms. The van der Waals surface area contributed by atoms with Crippen LogP contribution < -0.4 is 9.47 Å². The van der Waals surface area contributed by atoms with E-state index in [1.807, 2.05) is 25.1 Å². The van der Waals surface area contributed by atoms with Crippen LogP contribution in [-0.2, 0) is 11.3 Å². The molecule has 2 heterocycles. The fourth-order valence-electron chi connectivity index (χ4n) is 2.98. The number of carbonyl (C=O) groups is 1. The van der Waals surface area contributed by atoms with E-state index in [1.165, 1.54) is 0 Å². The lowest BCUT2D eigenvalue weighted by Crippen LogP contribution is -2.32. The van der Waals surface area contributed by atoms with E-state index in [-0.39, 0.29) is 12.0 Å². The topological polar surface area (TPSA) is 59.0 Å². The summed E-state index contributed by atoms with van der Waals surface area (Å²) < 4.78 is 11.1. The van der Waals surface area contributed by atoms with Gasteiger partial charge in [0.05, 0.1) is 5.92 Å². The molecule has 1 saturated heterocycles. The van der Waals surface area contributed by atoms with Gasteiger partial charge in [-0.05, 0) is 37.6 Å². The fourth-order valence-corrected chi connectivity index (χ4v) is 2.98. The number of ether oxygens (including phenoxy) is 2. The smallest absolute Gasteiger partial charge is 0.308 e. The summed E-state index contributed by atoms with van der Waals surface area (Å²) in [6.45, 7) is 4.74. The summed E-state index contributed by atoms with van der Waals surface area (Å²) in [5.74, 6) is 0.627. The molecule has 1 N–H and O–H groups in total. The first-order valence-electron chi connectivity index (χ1n) is 7.00. The lowest BCUT2D eigenvalue weighted by Gasteiger charge is -2.24. The zero-order chi connectivity index (χ0) is 14.1. The van der Waals surface area contributed by atoms with Crippen molar-refractivity contribution in [3.8, 4) is 11.5 Å². The fraction of sp³-hybridized carbons (Fsp3) is 0.533. The van der Waals surface area contributed by atoms with Crippen LogP contribution in [0.4, 0.5) is 0 Å². The number of benzene rings is 1. The van der Waals surface area contributed by atoms with Crippen LogP contribution in [0.5, 0.6) is 11.5 Å². The van der Waals surface area contributed by atoms with Gasteiger partial charge >= 0.3 is 5.97 Å². The molecule has 0 saturated carbocycles. The van der Waals surface area contributed by atoms with E-state index in [2.05, 4.69) is 4.90 Å². The molecule has 0 amide bonds. The predicted octanol–water partition coefficient (Wildman–Crippen LogP) is 1.75. The summed E-state index contributed by atoms with van der Waals surface area (Å²) in [5.41, 5.74) is 1.13. The maximum atomic E-state index is 11.1. The van der Waals surface area contributed by atoms with Crippen LogP contribution >= 0.6 is 0 Å². The predicted molar refractivity (Wildman–Crippen MR) is 73.0 cm³/mol. The van der Waals surface area contributed by atoms with Gasteiger partial charge in [-0.15, -0.1) is 0 Å². The molecule has 20 heavy (non-hydrogen) atoms.